The lowest BCUT2D eigenvalue weighted by Crippen LogP contribution is -2.39. The third kappa shape index (κ3) is 5.04. The van der Waals surface area contributed by atoms with Crippen LogP contribution >= 0.6 is 0 Å². The van der Waals surface area contributed by atoms with Gasteiger partial charge in [0, 0.05) is 13.3 Å². The van der Waals surface area contributed by atoms with Crippen molar-refractivity contribution >= 4 is 11.7 Å². The number of benzene rings is 1. The van der Waals surface area contributed by atoms with Gasteiger partial charge in [-0.1, -0.05) is 12.1 Å². The number of amides is 2. The third-order valence-electron chi connectivity index (χ3n) is 3.46. The van der Waals surface area contributed by atoms with Crippen LogP contribution in [0.15, 0.2) is 36.7 Å². The summed E-state index contributed by atoms with van der Waals surface area (Å²) in [7, 11) is 1.60. The van der Waals surface area contributed by atoms with Crippen LogP contribution in [-0.2, 0) is 11.3 Å². The minimum Gasteiger partial charge on any atom is -0.386 e. The number of rotatable bonds is 7. The molecule has 2 amide bonds. The van der Waals surface area contributed by atoms with E-state index in [2.05, 4.69) is 15.7 Å². The molecule has 130 valence electrons. The number of urea groups is 1. The van der Waals surface area contributed by atoms with E-state index in [1.54, 1.807) is 24.9 Å². The maximum absolute atomic E-state index is 12.9. The fraction of sp³-hybridized carbons (Fsp3) is 0.375. The summed E-state index contributed by atoms with van der Waals surface area (Å²) in [4.78, 5) is 12.0. The maximum Gasteiger partial charge on any atom is 0.319 e. The summed E-state index contributed by atoms with van der Waals surface area (Å²) < 4.78 is 19.5. The van der Waals surface area contributed by atoms with Crippen LogP contribution < -0.4 is 10.6 Å². The minimum absolute atomic E-state index is 0.380. The highest BCUT2D eigenvalue weighted by atomic mass is 19.1. The topological polar surface area (TPSA) is 88.4 Å². The Morgan fingerprint density at radius 3 is 2.79 bits per heavy atom. The Morgan fingerprint density at radius 2 is 2.12 bits per heavy atom. The van der Waals surface area contributed by atoms with Crippen LogP contribution in [0.25, 0.3) is 0 Å². The van der Waals surface area contributed by atoms with Gasteiger partial charge >= 0.3 is 6.03 Å². The van der Waals surface area contributed by atoms with Crippen LogP contribution in [0.5, 0.6) is 0 Å². The number of carbonyl (C=O) groups excluding carboxylic acids is 1. The predicted molar refractivity (Wildman–Crippen MR) is 87.1 cm³/mol. The van der Waals surface area contributed by atoms with Crippen molar-refractivity contribution in [3.8, 4) is 0 Å². The highest BCUT2D eigenvalue weighted by molar-refractivity contribution is 5.89. The predicted octanol–water partition coefficient (Wildman–Crippen LogP) is 1.91. The molecular formula is C16H21FN4O3. The Hall–Kier alpha value is -2.45. The van der Waals surface area contributed by atoms with Gasteiger partial charge in [-0.25, -0.2) is 9.18 Å². The van der Waals surface area contributed by atoms with Crippen molar-refractivity contribution in [3.63, 3.8) is 0 Å². The van der Waals surface area contributed by atoms with Crippen molar-refractivity contribution in [1.82, 2.24) is 15.1 Å². The van der Waals surface area contributed by atoms with Gasteiger partial charge in [0.1, 0.15) is 5.82 Å². The van der Waals surface area contributed by atoms with Crippen molar-refractivity contribution in [3.05, 3.63) is 48.0 Å². The van der Waals surface area contributed by atoms with E-state index >= 15 is 0 Å². The molecule has 0 unspecified atom stereocenters. The average Bonchev–Trinajstić information content (AvgIpc) is 3.00. The second-order valence-corrected chi connectivity index (χ2v) is 5.37. The molecule has 0 fully saturated rings. The molecule has 0 aliphatic carbocycles. The normalized spacial score (nSPS) is 13.3. The molecule has 0 radical (unpaired) electrons. The van der Waals surface area contributed by atoms with E-state index in [-0.39, 0.29) is 5.82 Å². The number of aromatic nitrogens is 2. The van der Waals surface area contributed by atoms with Crippen LogP contribution in [-0.4, -0.2) is 40.7 Å². The molecule has 1 heterocycles. The standard InChI is InChI=1S/C16H21FN4O3/c1-11(15(22)12-3-5-13(17)6-4-12)19-16(23)20-14-9-18-21(10-14)7-8-24-2/h3-6,9-11,15,22H,7-8H2,1-2H3,(H2,19,20,23)/t11-,15+/m0/s1. The highest BCUT2D eigenvalue weighted by Crippen LogP contribution is 2.17. The zero-order valence-corrected chi connectivity index (χ0v) is 13.6. The van der Waals surface area contributed by atoms with Crippen molar-refractivity contribution in [2.75, 3.05) is 19.0 Å². The van der Waals surface area contributed by atoms with Gasteiger partial charge in [-0.3, -0.25) is 4.68 Å². The summed E-state index contributed by atoms with van der Waals surface area (Å²) in [5.41, 5.74) is 1.06. The molecule has 0 saturated heterocycles. The van der Waals surface area contributed by atoms with Crippen LogP contribution in [0.3, 0.4) is 0 Å². The molecule has 0 saturated carbocycles. The average molecular weight is 336 g/mol. The molecule has 2 aromatic rings. The van der Waals surface area contributed by atoms with Crippen molar-refractivity contribution in [1.29, 1.82) is 0 Å². The van der Waals surface area contributed by atoms with Crippen LogP contribution in [0.1, 0.15) is 18.6 Å². The molecule has 1 aromatic heterocycles. The molecule has 0 spiro atoms. The first-order valence-electron chi connectivity index (χ1n) is 7.52. The van der Waals surface area contributed by atoms with E-state index in [0.717, 1.165) is 0 Å². The zero-order valence-electron chi connectivity index (χ0n) is 13.6. The summed E-state index contributed by atoms with van der Waals surface area (Å²) in [6, 6.07) is 4.47. The van der Waals surface area contributed by atoms with Crippen LogP contribution in [0.2, 0.25) is 0 Å². The van der Waals surface area contributed by atoms with Gasteiger partial charge in [0.15, 0.2) is 0 Å². The number of halogens is 1. The molecule has 2 atom stereocenters. The van der Waals surface area contributed by atoms with Crippen molar-refractivity contribution in [2.24, 2.45) is 0 Å². The SMILES string of the molecule is COCCn1cc(NC(=O)N[C@@H](C)[C@@H](O)c2ccc(F)cc2)cn1. The number of hydrogen-bond donors (Lipinski definition) is 3. The second kappa shape index (κ2) is 8.42. The molecule has 3 N–H and O–H groups in total. The summed E-state index contributed by atoms with van der Waals surface area (Å²) in [6.45, 7) is 2.77. The molecule has 7 nitrogen and oxygen atoms in total. The lowest BCUT2D eigenvalue weighted by atomic mass is 10.0. The van der Waals surface area contributed by atoms with Gasteiger partial charge in [-0.05, 0) is 24.6 Å². The number of aliphatic hydroxyl groups excluding tert-OH is 1. The third-order valence-corrected chi connectivity index (χ3v) is 3.46. The molecule has 0 aliphatic heterocycles. The minimum atomic E-state index is -0.944. The Balaban J connectivity index is 1.86. The van der Waals surface area contributed by atoms with E-state index in [0.29, 0.717) is 24.4 Å². The van der Waals surface area contributed by atoms with Gasteiger partial charge in [0.2, 0.25) is 0 Å². The number of hydrogen-bond acceptors (Lipinski definition) is 4. The maximum atomic E-state index is 12.9. The lowest BCUT2D eigenvalue weighted by Gasteiger charge is -2.20. The quantitative estimate of drug-likeness (QED) is 0.721. The summed E-state index contributed by atoms with van der Waals surface area (Å²) in [5.74, 6) is -0.380. The Kier molecular flexibility index (Phi) is 6.28. The van der Waals surface area contributed by atoms with Crippen LogP contribution in [0.4, 0.5) is 14.9 Å². The number of nitrogens with one attached hydrogen (secondary N) is 2. The van der Waals surface area contributed by atoms with Crippen molar-refractivity contribution < 1.29 is 19.0 Å². The number of anilines is 1. The number of ether oxygens (including phenoxy) is 1. The number of nitrogens with zero attached hydrogens (tertiary/aromatic N) is 2. The van der Waals surface area contributed by atoms with E-state index in [1.165, 1.54) is 30.5 Å². The second-order valence-electron chi connectivity index (χ2n) is 5.37. The Labute approximate surface area is 139 Å². The van der Waals surface area contributed by atoms with E-state index in [9.17, 15) is 14.3 Å². The molecule has 0 bridgehead atoms. The monoisotopic (exact) mass is 336 g/mol. The molecule has 8 heteroatoms. The zero-order chi connectivity index (χ0) is 17.5. The number of carbonyl (C=O) groups is 1. The lowest BCUT2D eigenvalue weighted by molar-refractivity contribution is 0.139. The van der Waals surface area contributed by atoms with E-state index in [4.69, 9.17) is 4.74 Å². The van der Waals surface area contributed by atoms with Gasteiger partial charge in [-0.2, -0.15) is 5.10 Å². The Bertz CT molecular complexity index is 660. The largest absolute Gasteiger partial charge is 0.386 e. The van der Waals surface area contributed by atoms with Gasteiger partial charge in [0.05, 0.1) is 37.2 Å². The van der Waals surface area contributed by atoms with E-state index in [1.807, 2.05) is 0 Å². The Morgan fingerprint density at radius 1 is 1.42 bits per heavy atom. The summed E-state index contributed by atoms with van der Waals surface area (Å²) >= 11 is 0. The number of aliphatic hydroxyl groups is 1. The smallest absolute Gasteiger partial charge is 0.319 e. The fourth-order valence-electron chi connectivity index (χ4n) is 2.14. The molecule has 0 aliphatic rings. The van der Waals surface area contributed by atoms with Crippen molar-refractivity contribution in [2.45, 2.75) is 25.6 Å². The first kappa shape index (κ1) is 17.9. The van der Waals surface area contributed by atoms with Gasteiger partial charge < -0.3 is 20.5 Å². The highest BCUT2D eigenvalue weighted by Gasteiger charge is 2.18. The first-order chi connectivity index (χ1) is 11.5. The van der Waals surface area contributed by atoms with E-state index < -0.39 is 18.2 Å². The summed E-state index contributed by atoms with van der Waals surface area (Å²) in [5, 5.41) is 19.6. The fourth-order valence-corrected chi connectivity index (χ4v) is 2.14. The molecule has 1 aromatic carbocycles. The van der Waals surface area contributed by atoms with Gasteiger partial charge in [0.25, 0.3) is 0 Å². The van der Waals surface area contributed by atoms with Crippen LogP contribution in [0, 0.1) is 5.82 Å². The molecular weight excluding hydrogens is 315 g/mol. The molecule has 24 heavy (non-hydrogen) atoms. The molecule has 2 rings (SSSR count). The number of methoxy groups -OCH3 is 1. The summed E-state index contributed by atoms with van der Waals surface area (Å²) in [6.07, 6.45) is 2.26. The van der Waals surface area contributed by atoms with Gasteiger partial charge in [-0.15, -0.1) is 0 Å². The first-order valence-corrected chi connectivity index (χ1v) is 7.52.